The van der Waals surface area contributed by atoms with Crippen LogP contribution in [0.1, 0.15) is 21.9 Å². The van der Waals surface area contributed by atoms with Gasteiger partial charge in [0.25, 0.3) is 0 Å². The van der Waals surface area contributed by atoms with Crippen molar-refractivity contribution in [1.29, 1.82) is 0 Å². The number of aryl methyl sites for hydroxylation is 1. The van der Waals surface area contributed by atoms with Crippen molar-refractivity contribution in [3.63, 3.8) is 0 Å². The maximum Gasteiger partial charge on any atom is 0.122 e. The minimum absolute atomic E-state index is 0.0384. The Morgan fingerprint density at radius 3 is 2.53 bits per heavy atom. The third-order valence-electron chi connectivity index (χ3n) is 2.49. The molecule has 0 bridgehead atoms. The average molecular weight is 360 g/mol. The summed E-state index contributed by atoms with van der Waals surface area (Å²) >= 11 is 7.18. The van der Waals surface area contributed by atoms with E-state index in [2.05, 4.69) is 31.9 Å². The highest BCUT2D eigenvalue weighted by atomic mass is 79.9. The Morgan fingerprint density at radius 1 is 1.24 bits per heavy atom. The molecule has 0 N–H and O–H groups in total. The van der Waals surface area contributed by atoms with Gasteiger partial charge in [-0.1, -0.05) is 37.9 Å². The first kappa shape index (κ1) is 12.7. The van der Waals surface area contributed by atoms with Gasteiger partial charge in [-0.25, -0.2) is 0 Å². The summed E-state index contributed by atoms with van der Waals surface area (Å²) in [6.07, 6.45) is 0. The Kier molecular flexibility index (Phi) is 3.94. The third-order valence-corrected chi connectivity index (χ3v) is 4.12. The smallest absolute Gasteiger partial charge is 0.122 e. The molecule has 1 atom stereocenters. The summed E-state index contributed by atoms with van der Waals surface area (Å²) in [5, 5.41) is 0. The van der Waals surface area contributed by atoms with Crippen molar-refractivity contribution in [2.75, 3.05) is 7.11 Å². The number of halogens is 2. The molecule has 2 rings (SSSR count). The molecule has 0 spiro atoms. The van der Waals surface area contributed by atoms with Gasteiger partial charge in [0.15, 0.2) is 0 Å². The first-order valence-corrected chi connectivity index (χ1v) is 6.86. The molecular weight excluding hydrogens is 348 g/mol. The van der Waals surface area contributed by atoms with Crippen molar-refractivity contribution in [3.05, 3.63) is 51.9 Å². The van der Waals surface area contributed by atoms with Crippen LogP contribution in [0.2, 0.25) is 0 Å². The van der Waals surface area contributed by atoms with E-state index in [0.29, 0.717) is 0 Å². The maximum atomic E-state index is 5.61. The number of hydrogen-bond acceptors (Lipinski definition) is 2. The lowest BCUT2D eigenvalue weighted by Gasteiger charge is -2.11. The summed E-state index contributed by atoms with van der Waals surface area (Å²) in [6, 6.07) is 9.83. The summed E-state index contributed by atoms with van der Waals surface area (Å²) in [7, 11) is 1.66. The Hall–Kier alpha value is -0.740. The monoisotopic (exact) mass is 358 g/mol. The SMILES string of the molecule is COc1ccc(C(Br)c2ccc(C)o2)c(Br)c1. The maximum absolute atomic E-state index is 5.61. The molecule has 0 fully saturated rings. The summed E-state index contributed by atoms with van der Waals surface area (Å²) in [4.78, 5) is 0.0384. The van der Waals surface area contributed by atoms with E-state index in [9.17, 15) is 0 Å². The second-order valence-electron chi connectivity index (χ2n) is 3.70. The minimum atomic E-state index is 0.0384. The van der Waals surface area contributed by atoms with E-state index < -0.39 is 0 Å². The third kappa shape index (κ3) is 2.75. The van der Waals surface area contributed by atoms with Gasteiger partial charge >= 0.3 is 0 Å². The molecule has 4 heteroatoms. The van der Waals surface area contributed by atoms with E-state index in [1.165, 1.54) is 0 Å². The summed E-state index contributed by atoms with van der Waals surface area (Å²) in [6.45, 7) is 1.94. The highest BCUT2D eigenvalue weighted by molar-refractivity contribution is 9.11. The second kappa shape index (κ2) is 5.27. The van der Waals surface area contributed by atoms with Crippen molar-refractivity contribution in [1.82, 2.24) is 0 Å². The lowest BCUT2D eigenvalue weighted by atomic mass is 10.1. The molecule has 0 saturated heterocycles. The van der Waals surface area contributed by atoms with Gasteiger partial charge in [0.2, 0.25) is 0 Å². The van der Waals surface area contributed by atoms with Gasteiger partial charge < -0.3 is 9.15 Å². The standard InChI is InChI=1S/C13H12Br2O2/c1-8-3-6-12(17-8)13(15)10-5-4-9(16-2)7-11(10)14/h3-7,13H,1-2H3. The molecule has 0 radical (unpaired) electrons. The van der Waals surface area contributed by atoms with Crippen LogP contribution in [0.3, 0.4) is 0 Å². The molecule has 0 aliphatic heterocycles. The van der Waals surface area contributed by atoms with Gasteiger partial charge in [-0.2, -0.15) is 0 Å². The number of rotatable bonds is 3. The lowest BCUT2D eigenvalue weighted by molar-refractivity contribution is 0.414. The molecule has 1 heterocycles. The largest absolute Gasteiger partial charge is 0.497 e. The van der Waals surface area contributed by atoms with Gasteiger partial charge in [0, 0.05) is 4.47 Å². The molecule has 0 amide bonds. The second-order valence-corrected chi connectivity index (χ2v) is 5.47. The van der Waals surface area contributed by atoms with Crippen LogP contribution in [0.4, 0.5) is 0 Å². The van der Waals surface area contributed by atoms with Crippen LogP contribution in [0.25, 0.3) is 0 Å². The number of ether oxygens (including phenoxy) is 1. The molecule has 1 aromatic carbocycles. The van der Waals surface area contributed by atoms with E-state index >= 15 is 0 Å². The van der Waals surface area contributed by atoms with E-state index in [0.717, 1.165) is 27.3 Å². The number of benzene rings is 1. The fourth-order valence-corrected chi connectivity index (χ4v) is 3.12. The predicted molar refractivity (Wildman–Crippen MR) is 74.9 cm³/mol. The molecule has 1 aromatic heterocycles. The summed E-state index contributed by atoms with van der Waals surface area (Å²) < 4.78 is 11.8. The van der Waals surface area contributed by atoms with Crippen LogP contribution in [-0.2, 0) is 0 Å². The molecule has 90 valence electrons. The fourth-order valence-electron chi connectivity index (χ4n) is 1.58. The zero-order valence-corrected chi connectivity index (χ0v) is 12.7. The fraction of sp³-hybridized carbons (Fsp3) is 0.231. The van der Waals surface area contributed by atoms with Crippen LogP contribution < -0.4 is 4.74 Å². The zero-order chi connectivity index (χ0) is 12.4. The summed E-state index contributed by atoms with van der Waals surface area (Å²) in [5.74, 6) is 2.64. The van der Waals surface area contributed by atoms with Crippen molar-refractivity contribution in [2.24, 2.45) is 0 Å². The van der Waals surface area contributed by atoms with Crippen LogP contribution in [0.15, 0.2) is 39.2 Å². The van der Waals surface area contributed by atoms with Gasteiger partial charge in [-0.15, -0.1) is 0 Å². The Labute approximate surface area is 117 Å². The topological polar surface area (TPSA) is 22.4 Å². The summed E-state index contributed by atoms with van der Waals surface area (Å²) in [5.41, 5.74) is 1.11. The Bertz CT molecular complexity index is 520. The molecule has 0 aliphatic rings. The van der Waals surface area contributed by atoms with E-state index in [4.69, 9.17) is 9.15 Å². The molecule has 17 heavy (non-hydrogen) atoms. The Balaban J connectivity index is 2.34. The van der Waals surface area contributed by atoms with Crippen LogP contribution >= 0.6 is 31.9 Å². The van der Waals surface area contributed by atoms with E-state index in [1.54, 1.807) is 7.11 Å². The van der Waals surface area contributed by atoms with E-state index in [-0.39, 0.29) is 4.83 Å². The van der Waals surface area contributed by atoms with Crippen LogP contribution in [0.5, 0.6) is 5.75 Å². The van der Waals surface area contributed by atoms with Gasteiger partial charge in [-0.05, 0) is 36.8 Å². The number of furan rings is 1. The molecule has 2 nitrogen and oxygen atoms in total. The van der Waals surface area contributed by atoms with Gasteiger partial charge in [-0.3, -0.25) is 0 Å². The van der Waals surface area contributed by atoms with Gasteiger partial charge in [0.05, 0.1) is 11.9 Å². The molecule has 1 unspecified atom stereocenters. The molecule has 0 saturated carbocycles. The number of hydrogen-bond donors (Lipinski definition) is 0. The molecular formula is C13H12Br2O2. The zero-order valence-electron chi connectivity index (χ0n) is 9.54. The van der Waals surface area contributed by atoms with E-state index in [1.807, 2.05) is 37.3 Å². The van der Waals surface area contributed by atoms with Crippen molar-refractivity contribution in [3.8, 4) is 5.75 Å². The number of alkyl halides is 1. The van der Waals surface area contributed by atoms with Crippen molar-refractivity contribution >= 4 is 31.9 Å². The van der Waals surface area contributed by atoms with Crippen LogP contribution in [-0.4, -0.2) is 7.11 Å². The first-order valence-electron chi connectivity index (χ1n) is 5.15. The average Bonchev–Trinajstić information content (AvgIpc) is 2.75. The van der Waals surface area contributed by atoms with Crippen molar-refractivity contribution < 1.29 is 9.15 Å². The lowest BCUT2D eigenvalue weighted by Crippen LogP contribution is -1.93. The highest BCUT2D eigenvalue weighted by Crippen LogP contribution is 2.37. The first-order chi connectivity index (χ1) is 8.11. The molecule has 2 aromatic rings. The molecule has 0 aliphatic carbocycles. The Morgan fingerprint density at radius 2 is 2.00 bits per heavy atom. The minimum Gasteiger partial charge on any atom is -0.497 e. The quantitative estimate of drug-likeness (QED) is 0.731. The predicted octanol–water partition coefficient (Wildman–Crippen LogP) is 4.84. The van der Waals surface area contributed by atoms with Gasteiger partial charge in [0.1, 0.15) is 17.3 Å². The van der Waals surface area contributed by atoms with Crippen LogP contribution in [0, 0.1) is 6.92 Å². The number of methoxy groups -OCH3 is 1. The highest BCUT2D eigenvalue weighted by Gasteiger charge is 2.17. The normalized spacial score (nSPS) is 12.5. The van der Waals surface area contributed by atoms with Crippen molar-refractivity contribution in [2.45, 2.75) is 11.8 Å².